The van der Waals surface area contributed by atoms with E-state index in [2.05, 4.69) is 43.4 Å². The van der Waals surface area contributed by atoms with E-state index in [4.69, 9.17) is 4.74 Å². The first-order chi connectivity index (χ1) is 6.67. The van der Waals surface area contributed by atoms with Gasteiger partial charge in [-0.25, -0.2) is 0 Å². The van der Waals surface area contributed by atoms with Crippen molar-refractivity contribution in [2.75, 3.05) is 13.2 Å². The van der Waals surface area contributed by atoms with Crippen LogP contribution in [0.5, 0.6) is 0 Å². The second kappa shape index (κ2) is 3.71. The summed E-state index contributed by atoms with van der Waals surface area (Å²) in [5.74, 6) is 0. The van der Waals surface area contributed by atoms with Crippen molar-refractivity contribution in [1.82, 2.24) is 5.32 Å². The van der Waals surface area contributed by atoms with E-state index in [9.17, 15) is 0 Å². The van der Waals surface area contributed by atoms with Crippen LogP contribution in [0, 0.1) is 0 Å². The fourth-order valence-electron chi connectivity index (χ4n) is 1.67. The molecule has 1 atom stereocenters. The predicted molar refractivity (Wildman–Crippen MR) is 57.2 cm³/mol. The zero-order valence-corrected chi connectivity index (χ0v) is 8.79. The SMILES string of the molecule is CC1(C)CO[C@@H](c2ccccc2)CN1. The van der Waals surface area contributed by atoms with Crippen molar-refractivity contribution in [1.29, 1.82) is 0 Å². The average molecular weight is 191 g/mol. The highest BCUT2D eigenvalue weighted by Crippen LogP contribution is 2.22. The van der Waals surface area contributed by atoms with E-state index >= 15 is 0 Å². The van der Waals surface area contributed by atoms with Crippen molar-refractivity contribution >= 4 is 0 Å². The van der Waals surface area contributed by atoms with E-state index in [-0.39, 0.29) is 11.6 Å². The van der Waals surface area contributed by atoms with Gasteiger partial charge in [-0.15, -0.1) is 0 Å². The zero-order valence-electron chi connectivity index (χ0n) is 8.79. The van der Waals surface area contributed by atoms with Gasteiger partial charge >= 0.3 is 0 Å². The van der Waals surface area contributed by atoms with Gasteiger partial charge in [0, 0.05) is 12.1 Å². The summed E-state index contributed by atoms with van der Waals surface area (Å²) in [7, 11) is 0. The molecule has 1 fully saturated rings. The molecule has 1 N–H and O–H groups in total. The highest BCUT2D eigenvalue weighted by Gasteiger charge is 2.27. The van der Waals surface area contributed by atoms with Gasteiger partial charge in [-0.2, -0.15) is 0 Å². The molecule has 0 saturated carbocycles. The average Bonchev–Trinajstić information content (AvgIpc) is 2.19. The van der Waals surface area contributed by atoms with Crippen LogP contribution in [0.15, 0.2) is 30.3 Å². The molecule has 76 valence electrons. The Labute approximate surface area is 85.3 Å². The normalized spacial score (nSPS) is 26.0. The molecule has 2 nitrogen and oxygen atoms in total. The third kappa shape index (κ3) is 2.14. The molecule has 0 spiro atoms. The van der Waals surface area contributed by atoms with E-state index in [0.29, 0.717) is 0 Å². The second-order valence-corrected chi connectivity index (χ2v) is 4.48. The summed E-state index contributed by atoms with van der Waals surface area (Å²) in [4.78, 5) is 0. The summed E-state index contributed by atoms with van der Waals surface area (Å²) in [6.07, 6.45) is 0.212. The molecule has 0 aromatic heterocycles. The maximum Gasteiger partial charge on any atom is 0.0950 e. The molecule has 0 aliphatic carbocycles. The molecule has 1 aliphatic heterocycles. The Morgan fingerprint density at radius 1 is 1.29 bits per heavy atom. The predicted octanol–water partition coefficient (Wildman–Crippen LogP) is 2.13. The van der Waals surface area contributed by atoms with E-state index in [1.165, 1.54) is 5.56 Å². The number of hydrogen-bond donors (Lipinski definition) is 1. The van der Waals surface area contributed by atoms with Crippen LogP contribution in [0.1, 0.15) is 25.5 Å². The summed E-state index contributed by atoms with van der Waals surface area (Å²) >= 11 is 0. The number of benzene rings is 1. The van der Waals surface area contributed by atoms with E-state index < -0.39 is 0 Å². The minimum atomic E-state index is 0.116. The summed E-state index contributed by atoms with van der Waals surface area (Å²) < 4.78 is 5.82. The Balaban J connectivity index is 2.03. The number of hydrogen-bond acceptors (Lipinski definition) is 2. The largest absolute Gasteiger partial charge is 0.370 e. The standard InChI is InChI=1S/C12H17NO/c1-12(2)9-14-11(8-13-12)10-6-4-3-5-7-10/h3-7,11,13H,8-9H2,1-2H3/t11-/m1/s1. The maximum absolute atomic E-state index is 5.82. The van der Waals surface area contributed by atoms with Gasteiger partial charge in [-0.05, 0) is 19.4 Å². The molecule has 2 rings (SSSR count). The van der Waals surface area contributed by atoms with Gasteiger partial charge < -0.3 is 10.1 Å². The molecule has 0 amide bonds. The number of rotatable bonds is 1. The first-order valence-electron chi connectivity index (χ1n) is 5.09. The van der Waals surface area contributed by atoms with Gasteiger partial charge in [0.15, 0.2) is 0 Å². The van der Waals surface area contributed by atoms with Gasteiger partial charge in [0.2, 0.25) is 0 Å². The van der Waals surface area contributed by atoms with Crippen LogP contribution in [-0.4, -0.2) is 18.7 Å². The molecule has 1 aliphatic rings. The zero-order chi connectivity index (χ0) is 10.0. The van der Waals surface area contributed by atoms with Crippen LogP contribution < -0.4 is 5.32 Å². The van der Waals surface area contributed by atoms with Crippen LogP contribution >= 0.6 is 0 Å². The molecule has 0 unspecified atom stereocenters. The summed E-state index contributed by atoms with van der Waals surface area (Å²) in [6.45, 7) is 5.99. The monoisotopic (exact) mass is 191 g/mol. The van der Waals surface area contributed by atoms with Gasteiger partial charge in [0.05, 0.1) is 12.7 Å². The Morgan fingerprint density at radius 2 is 2.00 bits per heavy atom. The van der Waals surface area contributed by atoms with Gasteiger partial charge in [0.25, 0.3) is 0 Å². The molecular formula is C12H17NO. The fraction of sp³-hybridized carbons (Fsp3) is 0.500. The smallest absolute Gasteiger partial charge is 0.0950 e. The Bertz CT molecular complexity index is 284. The lowest BCUT2D eigenvalue weighted by molar-refractivity contribution is -0.0228. The second-order valence-electron chi connectivity index (χ2n) is 4.48. The Morgan fingerprint density at radius 3 is 2.57 bits per heavy atom. The van der Waals surface area contributed by atoms with Crippen molar-refractivity contribution < 1.29 is 4.74 Å². The topological polar surface area (TPSA) is 21.3 Å². The van der Waals surface area contributed by atoms with Crippen LogP contribution in [0.25, 0.3) is 0 Å². The molecule has 1 heterocycles. The molecule has 0 bridgehead atoms. The molecular weight excluding hydrogens is 174 g/mol. The lowest BCUT2D eigenvalue weighted by atomic mass is 10.0. The minimum absolute atomic E-state index is 0.116. The molecule has 1 saturated heterocycles. The quantitative estimate of drug-likeness (QED) is 0.734. The van der Waals surface area contributed by atoms with Crippen LogP contribution in [-0.2, 0) is 4.74 Å². The van der Waals surface area contributed by atoms with Crippen molar-refractivity contribution in [2.24, 2.45) is 0 Å². The van der Waals surface area contributed by atoms with Gasteiger partial charge in [-0.1, -0.05) is 30.3 Å². The molecule has 14 heavy (non-hydrogen) atoms. The van der Waals surface area contributed by atoms with Crippen molar-refractivity contribution in [3.05, 3.63) is 35.9 Å². The van der Waals surface area contributed by atoms with E-state index in [1.807, 2.05) is 6.07 Å². The van der Waals surface area contributed by atoms with Crippen molar-refractivity contribution in [3.8, 4) is 0 Å². The van der Waals surface area contributed by atoms with Crippen LogP contribution in [0.4, 0.5) is 0 Å². The first kappa shape index (κ1) is 9.69. The van der Waals surface area contributed by atoms with E-state index in [1.54, 1.807) is 0 Å². The number of ether oxygens (including phenoxy) is 1. The summed E-state index contributed by atoms with van der Waals surface area (Å²) in [5.41, 5.74) is 1.38. The van der Waals surface area contributed by atoms with Gasteiger partial charge in [0.1, 0.15) is 0 Å². The Kier molecular flexibility index (Phi) is 2.57. The summed E-state index contributed by atoms with van der Waals surface area (Å²) in [6, 6.07) is 10.4. The van der Waals surface area contributed by atoms with Crippen molar-refractivity contribution in [3.63, 3.8) is 0 Å². The molecule has 2 heteroatoms. The first-order valence-corrected chi connectivity index (χ1v) is 5.09. The van der Waals surface area contributed by atoms with Crippen LogP contribution in [0.2, 0.25) is 0 Å². The maximum atomic E-state index is 5.82. The molecule has 0 radical (unpaired) electrons. The third-order valence-electron chi connectivity index (χ3n) is 2.58. The van der Waals surface area contributed by atoms with Crippen LogP contribution in [0.3, 0.4) is 0 Å². The lowest BCUT2D eigenvalue weighted by Gasteiger charge is -2.36. The lowest BCUT2D eigenvalue weighted by Crippen LogP contribution is -2.50. The third-order valence-corrected chi connectivity index (χ3v) is 2.58. The number of nitrogens with one attached hydrogen (secondary N) is 1. The highest BCUT2D eigenvalue weighted by atomic mass is 16.5. The van der Waals surface area contributed by atoms with E-state index in [0.717, 1.165) is 13.2 Å². The fourth-order valence-corrected chi connectivity index (χ4v) is 1.67. The summed E-state index contributed by atoms with van der Waals surface area (Å²) in [5, 5.41) is 3.48. The Hall–Kier alpha value is -0.860. The molecule has 1 aromatic carbocycles. The van der Waals surface area contributed by atoms with Crippen molar-refractivity contribution in [2.45, 2.75) is 25.5 Å². The minimum Gasteiger partial charge on any atom is -0.370 e. The highest BCUT2D eigenvalue weighted by molar-refractivity contribution is 5.18. The number of morpholine rings is 1. The molecule has 1 aromatic rings. The van der Waals surface area contributed by atoms with Gasteiger partial charge in [-0.3, -0.25) is 0 Å².